The van der Waals surface area contributed by atoms with Crippen molar-refractivity contribution in [2.24, 2.45) is 5.73 Å². The summed E-state index contributed by atoms with van der Waals surface area (Å²) in [5, 5.41) is 4.55. The minimum Gasteiger partial charge on any atom is -0.335 e. The topological polar surface area (TPSA) is 64.2 Å². The molecule has 3 rings (SSSR count). The lowest BCUT2D eigenvalue weighted by molar-refractivity contribution is 0.0777. The summed E-state index contributed by atoms with van der Waals surface area (Å²) in [6.45, 7) is 8.13. The molecule has 1 aliphatic heterocycles. The van der Waals surface area contributed by atoms with Crippen molar-refractivity contribution in [2.45, 2.75) is 45.2 Å². The van der Waals surface area contributed by atoms with Crippen molar-refractivity contribution < 1.29 is 4.79 Å². The highest BCUT2D eigenvalue weighted by Gasteiger charge is 2.35. The lowest BCUT2D eigenvalue weighted by atomic mass is 9.95. The van der Waals surface area contributed by atoms with Gasteiger partial charge in [-0.15, -0.1) is 12.4 Å². The van der Waals surface area contributed by atoms with Gasteiger partial charge < -0.3 is 10.6 Å². The molecule has 6 heteroatoms. The largest absolute Gasteiger partial charge is 0.335 e. The highest BCUT2D eigenvalue weighted by Crippen LogP contribution is 2.28. The van der Waals surface area contributed by atoms with Crippen molar-refractivity contribution in [1.29, 1.82) is 0 Å². The molecule has 0 radical (unpaired) electrons. The van der Waals surface area contributed by atoms with Gasteiger partial charge in [0.25, 0.3) is 5.91 Å². The number of hydrogen-bond donors (Lipinski definition) is 1. The zero-order valence-electron chi connectivity index (χ0n) is 15.1. The maximum absolute atomic E-state index is 13.0. The molecule has 0 spiro atoms. The fourth-order valence-electron chi connectivity index (χ4n) is 3.34. The van der Waals surface area contributed by atoms with Crippen LogP contribution in [-0.4, -0.2) is 39.7 Å². The highest BCUT2D eigenvalue weighted by molar-refractivity contribution is 5.93. The van der Waals surface area contributed by atoms with Crippen LogP contribution in [-0.2, 0) is 6.54 Å². The van der Waals surface area contributed by atoms with E-state index in [0.29, 0.717) is 31.2 Å². The standard InChI is InChI=1S/C19H26N4O.ClH/c1-4-23-18(10-17(21-23)13(2)3)19(24)22-11-15(16(20)12-22)14-8-6-5-7-9-14;/h5-10,13,15-16H,4,11-12,20H2,1-3H3;1H/t15-,16+;/m0./s1. The van der Waals surface area contributed by atoms with E-state index in [2.05, 4.69) is 31.1 Å². The van der Waals surface area contributed by atoms with Gasteiger partial charge in [-0.1, -0.05) is 44.2 Å². The van der Waals surface area contributed by atoms with Gasteiger partial charge in [-0.3, -0.25) is 9.48 Å². The second-order valence-electron chi connectivity index (χ2n) is 6.82. The van der Waals surface area contributed by atoms with Crippen LogP contribution in [0, 0.1) is 0 Å². The number of amides is 1. The Labute approximate surface area is 155 Å². The molecule has 0 saturated carbocycles. The van der Waals surface area contributed by atoms with E-state index in [-0.39, 0.29) is 30.3 Å². The second-order valence-corrected chi connectivity index (χ2v) is 6.82. The van der Waals surface area contributed by atoms with Gasteiger partial charge in [-0.25, -0.2) is 0 Å². The molecule has 1 aromatic heterocycles. The Morgan fingerprint density at radius 3 is 2.56 bits per heavy atom. The number of carbonyl (C=O) groups excluding carboxylic acids is 1. The Balaban J connectivity index is 0.00000225. The van der Waals surface area contributed by atoms with E-state index in [4.69, 9.17) is 5.73 Å². The number of benzene rings is 1. The number of nitrogens with zero attached hydrogens (tertiary/aromatic N) is 3. The summed E-state index contributed by atoms with van der Waals surface area (Å²) in [6.07, 6.45) is 0. The van der Waals surface area contributed by atoms with Crippen molar-refractivity contribution in [3.63, 3.8) is 0 Å². The van der Waals surface area contributed by atoms with E-state index in [1.807, 2.05) is 36.1 Å². The summed E-state index contributed by atoms with van der Waals surface area (Å²) < 4.78 is 1.80. The molecule has 0 aliphatic carbocycles. The molecule has 2 N–H and O–H groups in total. The van der Waals surface area contributed by atoms with E-state index in [1.54, 1.807) is 4.68 Å². The zero-order chi connectivity index (χ0) is 17.3. The van der Waals surface area contributed by atoms with Gasteiger partial charge >= 0.3 is 0 Å². The second kappa shape index (κ2) is 8.02. The third kappa shape index (κ3) is 3.88. The molecule has 2 heterocycles. The molecular formula is C19H27ClN4O. The molecule has 2 atom stereocenters. The van der Waals surface area contributed by atoms with Crippen LogP contribution >= 0.6 is 12.4 Å². The van der Waals surface area contributed by atoms with Gasteiger partial charge in [0, 0.05) is 31.6 Å². The number of aryl methyl sites for hydroxylation is 1. The molecule has 1 fully saturated rings. The smallest absolute Gasteiger partial charge is 0.272 e. The molecule has 1 aromatic carbocycles. The maximum atomic E-state index is 13.0. The van der Waals surface area contributed by atoms with Crippen molar-refractivity contribution in [2.75, 3.05) is 13.1 Å². The summed E-state index contributed by atoms with van der Waals surface area (Å²) >= 11 is 0. The monoisotopic (exact) mass is 362 g/mol. The molecule has 1 amide bonds. The lowest BCUT2D eigenvalue weighted by Crippen LogP contribution is -2.33. The van der Waals surface area contributed by atoms with Gasteiger partial charge in [-0.05, 0) is 24.5 Å². The predicted molar refractivity (Wildman–Crippen MR) is 102 cm³/mol. The van der Waals surface area contributed by atoms with Gasteiger partial charge in [0.2, 0.25) is 0 Å². The van der Waals surface area contributed by atoms with Gasteiger partial charge in [0.05, 0.1) is 5.69 Å². The van der Waals surface area contributed by atoms with Crippen molar-refractivity contribution >= 4 is 18.3 Å². The average Bonchev–Trinajstić information content (AvgIpc) is 3.18. The predicted octanol–water partition coefficient (Wildman–Crippen LogP) is 3.02. The van der Waals surface area contributed by atoms with Crippen LogP contribution in [0.15, 0.2) is 36.4 Å². The van der Waals surface area contributed by atoms with Gasteiger partial charge in [0.1, 0.15) is 5.69 Å². The number of rotatable bonds is 4. The van der Waals surface area contributed by atoms with Crippen molar-refractivity contribution in [3.8, 4) is 0 Å². The number of carbonyl (C=O) groups is 1. The summed E-state index contributed by atoms with van der Waals surface area (Å²) in [4.78, 5) is 14.9. The molecule has 0 bridgehead atoms. The Kier molecular flexibility index (Phi) is 6.25. The van der Waals surface area contributed by atoms with Crippen LogP contribution in [0.3, 0.4) is 0 Å². The zero-order valence-corrected chi connectivity index (χ0v) is 15.9. The number of aromatic nitrogens is 2. The summed E-state index contributed by atoms with van der Waals surface area (Å²) in [5.74, 6) is 0.533. The first-order valence-electron chi connectivity index (χ1n) is 8.68. The number of hydrogen-bond acceptors (Lipinski definition) is 3. The summed E-state index contributed by atoms with van der Waals surface area (Å²) in [7, 11) is 0. The van der Waals surface area contributed by atoms with Crippen LogP contribution in [0.2, 0.25) is 0 Å². The van der Waals surface area contributed by atoms with Crippen LogP contribution in [0.25, 0.3) is 0 Å². The highest BCUT2D eigenvalue weighted by atomic mass is 35.5. The van der Waals surface area contributed by atoms with E-state index in [0.717, 1.165) is 5.69 Å². The lowest BCUT2D eigenvalue weighted by Gasteiger charge is -2.17. The number of likely N-dealkylation sites (tertiary alicyclic amines) is 1. The summed E-state index contributed by atoms with van der Waals surface area (Å²) in [6, 6.07) is 12.1. The third-order valence-electron chi connectivity index (χ3n) is 4.79. The van der Waals surface area contributed by atoms with Crippen molar-refractivity contribution in [1.82, 2.24) is 14.7 Å². The van der Waals surface area contributed by atoms with Gasteiger partial charge in [0.15, 0.2) is 0 Å². The molecule has 1 aliphatic rings. The minimum absolute atomic E-state index is 0. The molecule has 1 saturated heterocycles. The van der Waals surface area contributed by atoms with Crippen LogP contribution < -0.4 is 5.73 Å². The fraction of sp³-hybridized carbons (Fsp3) is 0.474. The first kappa shape index (κ1) is 19.5. The minimum atomic E-state index is -0.0288. The van der Waals surface area contributed by atoms with E-state index in [1.165, 1.54) is 5.56 Å². The van der Waals surface area contributed by atoms with Gasteiger partial charge in [-0.2, -0.15) is 5.10 Å². The van der Waals surface area contributed by atoms with E-state index < -0.39 is 0 Å². The fourth-order valence-corrected chi connectivity index (χ4v) is 3.34. The number of nitrogens with two attached hydrogens (primary N) is 1. The molecule has 2 aromatic rings. The Hall–Kier alpha value is -1.85. The first-order valence-corrected chi connectivity index (χ1v) is 8.68. The van der Waals surface area contributed by atoms with E-state index >= 15 is 0 Å². The Morgan fingerprint density at radius 2 is 1.96 bits per heavy atom. The van der Waals surface area contributed by atoms with Crippen LogP contribution in [0.4, 0.5) is 0 Å². The SMILES string of the molecule is CCn1nc(C(C)C)cc1C(=O)N1C[C@@H](N)[C@H](c2ccccc2)C1.Cl. The van der Waals surface area contributed by atoms with Crippen molar-refractivity contribution in [3.05, 3.63) is 53.3 Å². The quantitative estimate of drug-likeness (QED) is 0.909. The Bertz CT molecular complexity index is 713. The third-order valence-corrected chi connectivity index (χ3v) is 4.79. The summed E-state index contributed by atoms with van der Waals surface area (Å²) in [5.41, 5.74) is 9.16. The number of halogens is 1. The van der Waals surface area contributed by atoms with Crippen LogP contribution in [0.1, 0.15) is 54.4 Å². The molecule has 25 heavy (non-hydrogen) atoms. The Morgan fingerprint density at radius 1 is 1.28 bits per heavy atom. The maximum Gasteiger partial charge on any atom is 0.272 e. The van der Waals surface area contributed by atoms with E-state index in [9.17, 15) is 4.79 Å². The molecular weight excluding hydrogens is 336 g/mol. The normalized spacial score (nSPS) is 20.0. The molecule has 0 unspecified atom stereocenters. The first-order chi connectivity index (χ1) is 11.5. The molecule has 136 valence electrons. The van der Waals surface area contributed by atoms with Crippen LogP contribution in [0.5, 0.6) is 0 Å². The molecule has 5 nitrogen and oxygen atoms in total. The average molecular weight is 363 g/mol.